The third kappa shape index (κ3) is 5.36. The van der Waals surface area contributed by atoms with Crippen LogP contribution in [0.2, 0.25) is 0 Å². The molecule has 2 N–H and O–H groups in total. The zero-order valence-corrected chi connectivity index (χ0v) is 24.3. The number of carbonyl (C=O) groups is 2. The highest BCUT2D eigenvalue weighted by molar-refractivity contribution is 6.04. The maximum absolute atomic E-state index is 15.6. The number of halogens is 1. The summed E-state index contributed by atoms with van der Waals surface area (Å²) in [6, 6.07) is 7.91. The normalized spacial score (nSPS) is 14.8. The van der Waals surface area contributed by atoms with Gasteiger partial charge in [0.25, 0.3) is 5.91 Å². The van der Waals surface area contributed by atoms with Crippen LogP contribution in [0.3, 0.4) is 0 Å². The maximum Gasteiger partial charge on any atom is 0.318 e. The van der Waals surface area contributed by atoms with Gasteiger partial charge in [0.2, 0.25) is 0 Å². The third-order valence-electron chi connectivity index (χ3n) is 7.36. The Morgan fingerprint density at radius 1 is 1.10 bits per heavy atom. The summed E-state index contributed by atoms with van der Waals surface area (Å²) in [7, 11) is 0. The van der Waals surface area contributed by atoms with E-state index in [1.165, 1.54) is 12.1 Å². The molecular weight excluding hydrogens is 537 g/mol. The fraction of sp³-hybridized carbons (Fsp3) is 0.400. The van der Waals surface area contributed by atoms with Crippen molar-refractivity contribution in [3.63, 3.8) is 0 Å². The summed E-state index contributed by atoms with van der Waals surface area (Å²) in [5.74, 6) is -0.158. The van der Waals surface area contributed by atoms with E-state index in [4.69, 9.17) is 0 Å². The molecule has 4 aromatic rings. The van der Waals surface area contributed by atoms with Crippen LogP contribution in [0.5, 0.6) is 0 Å². The maximum atomic E-state index is 15.6. The van der Waals surface area contributed by atoms with Crippen molar-refractivity contribution in [1.82, 2.24) is 39.5 Å². The number of benzene rings is 1. The molecule has 0 atom stereocenters. The van der Waals surface area contributed by atoms with E-state index in [0.717, 1.165) is 24.2 Å². The van der Waals surface area contributed by atoms with Gasteiger partial charge < -0.3 is 24.7 Å². The summed E-state index contributed by atoms with van der Waals surface area (Å²) in [6.45, 7) is 10.3. The van der Waals surface area contributed by atoms with Crippen molar-refractivity contribution in [2.45, 2.75) is 78.0 Å². The molecule has 6 rings (SSSR count). The Kier molecular flexibility index (Phi) is 6.78. The number of carbonyl (C=O) groups excluding carboxylic acids is 2. The first-order chi connectivity index (χ1) is 20.0. The zero-order chi connectivity index (χ0) is 29.8. The van der Waals surface area contributed by atoms with Crippen LogP contribution in [-0.4, -0.2) is 51.7 Å². The van der Waals surface area contributed by atoms with Crippen LogP contribution in [0.1, 0.15) is 86.7 Å². The van der Waals surface area contributed by atoms with Crippen molar-refractivity contribution in [3.05, 3.63) is 71.3 Å². The third-order valence-corrected chi connectivity index (χ3v) is 7.36. The van der Waals surface area contributed by atoms with Gasteiger partial charge in [0.15, 0.2) is 5.82 Å². The minimum absolute atomic E-state index is 0.118. The van der Waals surface area contributed by atoms with Crippen molar-refractivity contribution in [2.24, 2.45) is 0 Å². The van der Waals surface area contributed by atoms with Gasteiger partial charge in [-0.2, -0.15) is 0 Å². The molecule has 1 saturated carbocycles. The summed E-state index contributed by atoms with van der Waals surface area (Å²) in [4.78, 5) is 37.5. The second kappa shape index (κ2) is 10.3. The topological polar surface area (TPSA) is 123 Å². The number of hydrogen-bond acceptors (Lipinski definition) is 6. The van der Waals surface area contributed by atoms with E-state index in [-0.39, 0.29) is 30.0 Å². The number of nitrogens with one attached hydrogen (secondary N) is 2. The van der Waals surface area contributed by atoms with Gasteiger partial charge in [-0.05, 0) is 77.3 Å². The smallest absolute Gasteiger partial charge is 0.318 e. The predicted octanol–water partition coefficient (Wildman–Crippen LogP) is 5.20. The number of pyridine rings is 1. The molecule has 0 bridgehead atoms. The number of imidazole rings is 1. The number of fused-ring (bicyclic) bond motifs is 3. The Balaban J connectivity index is 1.34. The van der Waals surface area contributed by atoms with Gasteiger partial charge in [0.05, 0.1) is 35.5 Å². The predicted molar refractivity (Wildman–Crippen MR) is 155 cm³/mol. The van der Waals surface area contributed by atoms with E-state index in [1.54, 1.807) is 35.8 Å². The molecule has 0 saturated heterocycles. The lowest BCUT2D eigenvalue weighted by atomic mass is 10.1. The molecule has 0 unspecified atom stereocenters. The first-order valence-corrected chi connectivity index (χ1v) is 14.1. The second-order valence-corrected chi connectivity index (χ2v) is 12.2. The fourth-order valence-corrected chi connectivity index (χ4v) is 5.18. The molecule has 218 valence electrons. The van der Waals surface area contributed by atoms with Crippen molar-refractivity contribution < 1.29 is 14.0 Å². The molecule has 1 aromatic carbocycles. The molecule has 4 heterocycles. The minimum Gasteiger partial charge on any atom is -0.333 e. The first kappa shape index (κ1) is 27.6. The highest BCUT2D eigenvalue weighted by Gasteiger charge is 2.34. The van der Waals surface area contributed by atoms with Crippen molar-refractivity contribution >= 4 is 17.8 Å². The van der Waals surface area contributed by atoms with Crippen molar-refractivity contribution in [1.29, 1.82) is 0 Å². The van der Waals surface area contributed by atoms with Crippen LogP contribution < -0.4 is 10.6 Å². The molecule has 1 aliphatic heterocycles. The lowest BCUT2D eigenvalue weighted by molar-refractivity contribution is 0.102. The van der Waals surface area contributed by atoms with Crippen molar-refractivity contribution in [2.75, 3.05) is 5.32 Å². The van der Waals surface area contributed by atoms with Gasteiger partial charge in [0, 0.05) is 24.0 Å². The molecule has 11 nitrogen and oxygen atoms in total. The Bertz CT molecular complexity index is 1680. The van der Waals surface area contributed by atoms with Crippen LogP contribution in [0, 0.1) is 5.82 Å². The summed E-state index contributed by atoms with van der Waals surface area (Å²) >= 11 is 0. The van der Waals surface area contributed by atoms with Crippen LogP contribution >= 0.6 is 0 Å². The Labute approximate surface area is 243 Å². The standard InChI is InChI=1S/C30H34FN9O2/c1-17(2)39-16-33-37-27(39)22-7-6-8-25(34-22)35-28(41)20-12-23-19(11-21(20)31)13-38(29(42)36-30(3,4)5)14-24-26(18-9-10-18)32-15-40(23)24/h6-8,11-12,15-18H,9-10,13-14H2,1-5H3,(H,36,42)(H,34,35,41). The van der Waals surface area contributed by atoms with Crippen molar-refractivity contribution in [3.8, 4) is 17.2 Å². The molecule has 1 aliphatic carbocycles. The van der Waals surface area contributed by atoms with Crippen LogP contribution in [0.4, 0.5) is 15.0 Å². The molecule has 0 spiro atoms. The summed E-state index contributed by atoms with van der Waals surface area (Å²) < 4.78 is 19.3. The molecule has 12 heteroatoms. The highest BCUT2D eigenvalue weighted by atomic mass is 19.1. The molecular formula is C30H34FN9O2. The van der Waals surface area contributed by atoms with Crippen LogP contribution in [0.25, 0.3) is 17.2 Å². The largest absolute Gasteiger partial charge is 0.333 e. The quantitative estimate of drug-likeness (QED) is 0.340. The van der Waals surface area contributed by atoms with Gasteiger partial charge in [-0.1, -0.05) is 6.07 Å². The van der Waals surface area contributed by atoms with E-state index in [9.17, 15) is 9.59 Å². The molecule has 1 fully saturated rings. The van der Waals surface area contributed by atoms with Gasteiger partial charge in [-0.3, -0.25) is 4.79 Å². The molecule has 3 aromatic heterocycles. The molecule has 3 amide bonds. The number of nitrogens with zero attached hydrogens (tertiary/aromatic N) is 7. The number of amides is 3. The highest BCUT2D eigenvalue weighted by Crippen LogP contribution is 2.42. The Hall–Kier alpha value is -4.61. The van der Waals surface area contributed by atoms with E-state index < -0.39 is 17.3 Å². The fourth-order valence-electron chi connectivity index (χ4n) is 5.18. The van der Waals surface area contributed by atoms with Gasteiger partial charge in [-0.15, -0.1) is 10.2 Å². The average Bonchev–Trinajstić information content (AvgIpc) is 3.52. The number of anilines is 1. The van der Waals surface area contributed by atoms with Gasteiger partial charge in [0.1, 0.15) is 23.7 Å². The lowest BCUT2D eigenvalue weighted by Gasteiger charge is -2.27. The van der Waals surface area contributed by atoms with E-state index in [0.29, 0.717) is 35.2 Å². The van der Waals surface area contributed by atoms with Crippen LogP contribution in [-0.2, 0) is 13.1 Å². The number of urea groups is 1. The van der Waals surface area contributed by atoms with E-state index >= 15 is 4.39 Å². The van der Waals surface area contributed by atoms with Gasteiger partial charge in [-0.25, -0.2) is 19.2 Å². The zero-order valence-electron chi connectivity index (χ0n) is 24.3. The number of aromatic nitrogens is 6. The first-order valence-electron chi connectivity index (χ1n) is 14.1. The molecule has 0 radical (unpaired) electrons. The number of hydrogen-bond donors (Lipinski definition) is 2. The monoisotopic (exact) mass is 571 g/mol. The summed E-state index contributed by atoms with van der Waals surface area (Å²) in [6.07, 6.45) is 5.43. The second-order valence-electron chi connectivity index (χ2n) is 12.2. The van der Waals surface area contributed by atoms with Gasteiger partial charge >= 0.3 is 6.03 Å². The summed E-state index contributed by atoms with van der Waals surface area (Å²) in [5, 5.41) is 13.9. The van der Waals surface area contributed by atoms with E-state index in [1.807, 2.05) is 43.8 Å². The molecule has 42 heavy (non-hydrogen) atoms. The SMILES string of the molecule is CC(C)n1cnnc1-c1cccc(NC(=O)c2cc3c(cc2F)CN(C(=O)NC(C)(C)C)Cc2c(C4CC4)ncn2-3)n1. The molecule has 2 aliphatic rings. The van der Waals surface area contributed by atoms with Crippen LogP contribution in [0.15, 0.2) is 43.0 Å². The van der Waals surface area contributed by atoms with E-state index in [2.05, 4.69) is 30.8 Å². The minimum atomic E-state index is -0.691. The Morgan fingerprint density at radius 3 is 2.60 bits per heavy atom. The number of rotatable bonds is 5. The Morgan fingerprint density at radius 2 is 1.88 bits per heavy atom. The average molecular weight is 572 g/mol. The lowest BCUT2D eigenvalue weighted by Crippen LogP contribution is -2.47. The summed E-state index contributed by atoms with van der Waals surface area (Å²) in [5.41, 5.74) is 2.99.